The average molecular weight is 242 g/mol. The van der Waals surface area contributed by atoms with Gasteiger partial charge in [-0.25, -0.2) is 0 Å². The molecule has 3 heteroatoms. The number of benzene rings is 1. The number of nitrogens with zero attached hydrogens (tertiary/aromatic N) is 1. The first kappa shape index (κ1) is 11.6. The van der Waals surface area contributed by atoms with E-state index in [0.717, 1.165) is 29.3 Å². The quantitative estimate of drug-likeness (QED) is 0.850. The number of aliphatic hydroxyl groups is 1. The Hall–Kier alpha value is -1.45. The Morgan fingerprint density at radius 1 is 1.28 bits per heavy atom. The van der Waals surface area contributed by atoms with Crippen LogP contribution in [0.4, 0.5) is 0 Å². The minimum Gasteiger partial charge on any atom is -0.387 e. The van der Waals surface area contributed by atoms with Crippen molar-refractivity contribution in [1.82, 2.24) is 10.3 Å². The molecule has 1 fully saturated rings. The van der Waals surface area contributed by atoms with Crippen LogP contribution in [0.2, 0.25) is 0 Å². The Morgan fingerprint density at radius 2 is 2.22 bits per heavy atom. The molecule has 0 radical (unpaired) electrons. The number of fused-ring (bicyclic) bond motifs is 1. The largest absolute Gasteiger partial charge is 0.387 e. The van der Waals surface area contributed by atoms with Crippen LogP contribution in [-0.2, 0) is 0 Å². The lowest BCUT2D eigenvalue weighted by molar-refractivity contribution is 0.115. The first-order chi connectivity index (χ1) is 8.86. The Balaban J connectivity index is 1.97. The van der Waals surface area contributed by atoms with E-state index < -0.39 is 6.10 Å². The SMILES string of the molecule is OC(c1cccc2ccncc12)C1CCCCN1. The summed E-state index contributed by atoms with van der Waals surface area (Å²) in [5.74, 6) is 0. The molecule has 0 aliphatic carbocycles. The number of nitrogens with one attached hydrogen (secondary N) is 1. The van der Waals surface area contributed by atoms with Gasteiger partial charge in [0.15, 0.2) is 0 Å². The molecule has 2 N–H and O–H groups in total. The molecule has 0 bridgehead atoms. The lowest BCUT2D eigenvalue weighted by Gasteiger charge is -2.28. The van der Waals surface area contributed by atoms with Gasteiger partial charge in [0.2, 0.25) is 0 Å². The smallest absolute Gasteiger partial charge is 0.0949 e. The zero-order valence-electron chi connectivity index (χ0n) is 10.3. The maximum absolute atomic E-state index is 10.6. The van der Waals surface area contributed by atoms with Crippen LogP contribution in [0.25, 0.3) is 10.8 Å². The molecule has 1 aromatic heterocycles. The molecule has 0 spiro atoms. The lowest BCUT2D eigenvalue weighted by Crippen LogP contribution is -2.38. The van der Waals surface area contributed by atoms with Crippen LogP contribution in [0.15, 0.2) is 36.7 Å². The van der Waals surface area contributed by atoms with Crippen LogP contribution in [0.5, 0.6) is 0 Å². The van der Waals surface area contributed by atoms with Crippen molar-refractivity contribution in [3.8, 4) is 0 Å². The van der Waals surface area contributed by atoms with Crippen LogP contribution in [0, 0.1) is 0 Å². The van der Waals surface area contributed by atoms with Gasteiger partial charge in [-0.3, -0.25) is 4.98 Å². The Morgan fingerprint density at radius 3 is 3.06 bits per heavy atom. The molecular formula is C15H18N2O. The molecule has 2 unspecified atom stereocenters. The fourth-order valence-electron chi connectivity index (χ4n) is 2.76. The van der Waals surface area contributed by atoms with Crippen molar-refractivity contribution in [2.24, 2.45) is 0 Å². The number of hydrogen-bond donors (Lipinski definition) is 2. The molecule has 3 nitrogen and oxygen atoms in total. The van der Waals surface area contributed by atoms with Crippen molar-refractivity contribution in [3.05, 3.63) is 42.2 Å². The summed E-state index contributed by atoms with van der Waals surface area (Å²) in [4.78, 5) is 4.17. The number of pyridine rings is 1. The zero-order chi connectivity index (χ0) is 12.4. The molecule has 2 heterocycles. The van der Waals surface area contributed by atoms with E-state index >= 15 is 0 Å². The third kappa shape index (κ3) is 2.11. The van der Waals surface area contributed by atoms with Crippen LogP contribution >= 0.6 is 0 Å². The molecular weight excluding hydrogens is 224 g/mol. The monoisotopic (exact) mass is 242 g/mol. The summed E-state index contributed by atoms with van der Waals surface area (Å²) >= 11 is 0. The van der Waals surface area contributed by atoms with Crippen molar-refractivity contribution >= 4 is 10.8 Å². The topological polar surface area (TPSA) is 45.2 Å². The summed E-state index contributed by atoms with van der Waals surface area (Å²) in [6, 6.07) is 8.22. The maximum atomic E-state index is 10.6. The van der Waals surface area contributed by atoms with E-state index in [9.17, 15) is 5.11 Å². The van der Waals surface area contributed by atoms with Crippen LogP contribution in [0.1, 0.15) is 30.9 Å². The Bertz CT molecular complexity index is 530. The minimum absolute atomic E-state index is 0.171. The molecule has 0 amide bonds. The van der Waals surface area contributed by atoms with Crippen molar-refractivity contribution in [3.63, 3.8) is 0 Å². The van der Waals surface area contributed by atoms with Crippen molar-refractivity contribution in [1.29, 1.82) is 0 Å². The first-order valence-electron chi connectivity index (χ1n) is 6.60. The van der Waals surface area contributed by atoms with Gasteiger partial charge in [-0.05, 0) is 36.4 Å². The molecule has 0 saturated carbocycles. The van der Waals surface area contributed by atoms with Gasteiger partial charge in [-0.2, -0.15) is 0 Å². The summed E-state index contributed by atoms with van der Waals surface area (Å²) in [6.45, 7) is 1.00. The third-order valence-corrected chi connectivity index (χ3v) is 3.77. The summed E-state index contributed by atoms with van der Waals surface area (Å²) in [5.41, 5.74) is 0.986. The van der Waals surface area contributed by atoms with E-state index in [1.165, 1.54) is 12.8 Å². The Labute approximate surface area is 107 Å². The van der Waals surface area contributed by atoms with Crippen molar-refractivity contribution < 1.29 is 5.11 Å². The average Bonchev–Trinajstić information content (AvgIpc) is 2.47. The molecule has 2 aromatic rings. The second kappa shape index (κ2) is 5.04. The van der Waals surface area contributed by atoms with Gasteiger partial charge in [-0.15, -0.1) is 0 Å². The highest BCUT2D eigenvalue weighted by Crippen LogP contribution is 2.28. The first-order valence-corrected chi connectivity index (χ1v) is 6.60. The third-order valence-electron chi connectivity index (χ3n) is 3.77. The second-order valence-corrected chi connectivity index (χ2v) is 4.95. The van der Waals surface area contributed by atoms with Gasteiger partial charge in [-0.1, -0.05) is 24.6 Å². The highest BCUT2D eigenvalue weighted by Gasteiger charge is 2.23. The molecule has 18 heavy (non-hydrogen) atoms. The fraction of sp³-hybridized carbons (Fsp3) is 0.400. The van der Waals surface area contributed by atoms with E-state index in [0.29, 0.717) is 0 Å². The molecule has 1 aromatic carbocycles. The van der Waals surface area contributed by atoms with E-state index in [2.05, 4.69) is 16.4 Å². The van der Waals surface area contributed by atoms with Gasteiger partial charge in [0.05, 0.1) is 6.10 Å². The van der Waals surface area contributed by atoms with Crippen LogP contribution in [0.3, 0.4) is 0 Å². The Kier molecular flexibility index (Phi) is 3.26. The van der Waals surface area contributed by atoms with Gasteiger partial charge in [0, 0.05) is 23.8 Å². The van der Waals surface area contributed by atoms with Crippen molar-refractivity contribution in [2.45, 2.75) is 31.4 Å². The van der Waals surface area contributed by atoms with Gasteiger partial charge < -0.3 is 10.4 Å². The maximum Gasteiger partial charge on any atom is 0.0949 e. The molecule has 94 valence electrons. The van der Waals surface area contributed by atoms with Gasteiger partial charge in [0.1, 0.15) is 0 Å². The lowest BCUT2D eigenvalue weighted by atomic mass is 9.92. The number of hydrogen-bond acceptors (Lipinski definition) is 3. The predicted molar refractivity (Wildman–Crippen MR) is 72.3 cm³/mol. The molecule has 1 aliphatic rings. The number of aliphatic hydroxyl groups excluding tert-OH is 1. The second-order valence-electron chi connectivity index (χ2n) is 4.95. The molecule has 3 rings (SSSR count). The number of rotatable bonds is 2. The minimum atomic E-state index is -0.446. The molecule has 2 atom stereocenters. The van der Waals surface area contributed by atoms with E-state index in [1.54, 1.807) is 6.20 Å². The van der Waals surface area contributed by atoms with Crippen LogP contribution in [-0.4, -0.2) is 22.7 Å². The predicted octanol–water partition coefficient (Wildman–Crippen LogP) is 2.41. The summed E-state index contributed by atoms with van der Waals surface area (Å²) in [6.07, 6.45) is 6.63. The van der Waals surface area contributed by atoms with Gasteiger partial charge in [0.25, 0.3) is 0 Å². The number of aromatic nitrogens is 1. The normalized spacial score (nSPS) is 21.9. The fourth-order valence-corrected chi connectivity index (χ4v) is 2.76. The molecule has 1 saturated heterocycles. The highest BCUT2D eigenvalue weighted by atomic mass is 16.3. The van der Waals surface area contributed by atoms with E-state index in [4.69, 9.17) is 0 Å². The summed E-state index contributed by atoms with van der Waals surface area (Å²) in [5, 5.41) is 16.2. The van der Waals surface area contributed by atoms with E-state index in [-0.39, 0.29) is 6.04 Å². The summed E-state index contributed by atoms with van der Waals surface area (Å²) in [7, 11) is 0. The zero-order valence-corrected chi connectivity index (χ0v) is 10.3. The van der Waals surface area contributed by atoms with Crippen molar-refractivity contribution in [2.75, 3.05) is 6.54 Å². The van der Waals surface area contributed by atoms with E-state index in [1.807, 2.05) is 24.4 Å². The standard InChI is InChI=1S/C15H18N2O/c18-15(14-6-1-2-8-17-14)12-5-3-4-11-7-9-16-10-13(11)12/h3-5,7,9-10,14-15,17-18H,1-2,6,8H2. The summed E-state index contributed by atoms with van der Waals surface area (Å²) < 4.78 is 0. The number of piperidine rings is 1. The molecule has 1 aliphatic heterocycles. The highest BCUT2D eigenvalue weighted by molar-refractivity contribution is 5.85. The van der Waals surface area contributed by atoms with Gasteiger partial charge >= 0.3 is 0 Å². The van der Waals surface area contributed by atoms with Crippen LogP contribution < -0.4 is 5.32 Å².